The molecule has 6 heteroatoms. The second-order valence-corrected chi connectivity index (χ2v) is 6.61. The highest BCUT2D eigenvalue weighted by atomic mass is 32.2. The zero-order valence-corrected chi connectivity index (χ0v) is 11.4. The second-order valence-electron chi connectivity index (χ2n) is 4.77. The van der Waals surface area contributed by atoms with Gasteiger partial charge in [-0.25, -0.2) is 8.42 Å². The van der Waals surface area contributed by atoms with Crippen LogP contribution in [-0.2, 0) is 10.0 Å². The molecule has 0 saturated carbocycles. The molecule has 1 aliphatic rings. The molecule has 0 unspecified atom stereocenters. The second kappa shape index (κ2) is 5.80. The average molecular weight is 259 g/mol. The summed E-state index contributed by atoms with van der Waals surface area (Å²) < 4.78 is 26.3. The fourth-order valence-electron chi connectivity index (χ4n) is 1.92. The molecule has 1 aliphatic heterocycles. The zero-order valence-electron chi connectivity index (χ0n) is 10.6. The summed E-state index contributed by atoms with van der Waals surface area (Å²) >= 11 is 0. The number of nitriles is 1. The normalized spacial score (nSPS) is 21.0. The van der Waals surface area contributed by atoms with Crippen molar-refractivity contribution in [2.24, 2.45) is 0 Å². The first-order valence-electron chi connectivity index (χ1n) is 6.04. The minimum atomic E-state index is -3.32. The number of nitrogens with one attached hydrogen (secondary N) is 1. The van der Waals surface area contributed by atoms with Crippen LogP contribution in [0.1, 0.15) is 32.6 Å². The number of unbranched alkanes of at least 4 members (excludes halogenated alkanes) is 1. The van der Waals surface area contributed by atoms with Gasteiger partial charge in [0.2, 0.25) is 10.0 Å². The maximum absolute atomic E-state index is 11.8. The Hall–Kier alpha value is -0.640. The van der Waals surface area contributed by atoms with Gasteiger partial charge in [0, 0.05) is 13.1 Å². The van der Waals surface area contributed by atoms with Crippen molar-refractivity contribution in [1.29, 1.82) is 5.26 Å². The first-order valence-corrected chi connectivity index (χ1v) is 7.70. The highest BCUT2D eigenvalue weighted by molar-refractivity contribution is 7.89. The molecule has 98 valence electrons. The Morgan fingerprint density at radius 3 is 2.47 bits per heavy atom. The number of hydrogen-bond donors (Lipinski definition) is 1. The first kappa shape index (κ1) is 14.4. The smallest absolute Gasteiger partial charge is 0.212 e. The predicted octanol–water partition coefficient (Wildman–Crippen LogP) is 0.694. The monoisotopic (exact) mass is 259 g/mol. The maximum Gasteiger partial charge on any atom is 0.212 e. The summed E-state index contributed by atoms with van der Waals surface area (Å²) in [6.07, 6.45) is 2.59. The van der Waals surface area contributed by atoms with E-state index in [2.05, 4.69) is 15.7 Å². The third-order valence-electron chi connectivity index (χ3n) is 3.17. The molecular formula is C11H21N3O2S. The zero-order chi connectivity index (χ0) is 12.9. The van der Waals surface area contributed by atoms with Gasteiger partial charge in [-0.05, 0) is 26.3 Å². The summed E-state index contributed by atoms with van der Waals surface area (Å²) in [5, 5.41) is 9.22. The maximum atomic E-state index is 11.8. The molecule has 0 spiro atoms. The van der Waals surface area contributed by atoms with Crippen LogP contribution in [-0.4, -0.2) is 44.7 Å². The topological polar surface area (TPSA) is 73.2 Å². The molecule has 0 aromatic rings. The van der Waals surface area contributed by atoms with E-state index in [0.717, 1.165) is 19.5 Å². The van der Waals surface area contributed by atoms with Gasteiger partial charge in [0.25, 0.3) is 0 Å². The van der Waals surface area contributed by atoms with Crippen LogP contribution in [0.4, 0.5) is 0 Å². The van der Waals surface area contributed by atoms with Gasteiger partial charge >= 0.3 is 0 Å². The quantitative estimate of drug-likeness (QED) is 0.788. The van der Waals surface area contributed by atoms with Gasteiger partial charge in [-0.15, -0.1) is 0 Å². The van der Waals surface area contributed by atoms with E-state index in [4.69, 9.17) is 0 Å². The number of likely N-dealkylation sites (tertiary alicyclic amines) is 1. The van der Waals surface area contributed by atoms with Gasteiger partial charge < -0.3 is 4.90 Å². The van der Waals surface area contributed by atoms with E-state index in [9.17, 15) is 13.7 Å². The largest absolute Gasteiger partial charge is 0.306 e. The van der Waals surface area contributed by atoms with Gasteiger partial charge in [-0.1, -0.05) is 13.3 Å². The van der Waals surface area contributed by atoms with Gasteiger partial charge in [0.15, 0.2) is 0 Å². The number of hydrogen-bond acceptors (Lipinski definition) is 4. The van der Waals surface area contributed by atoms with Crippen LogP contribution in [0.5, 0.6) is 0 Å². The molecule has 1 saturated heterocycles. The molecule has 0 atom stereocenters. The van der Waals surface area contributed by atoms with Crippen LogP contribution >= 0.6 is 0 Å². The van der Waals surface area contributed by atoms with Crippen molar-refractivity contribution in [2.75, 3.05) is 25.9 Å². The molecule has 5 nitrogen and oxygen atoms in total. The van der Waals surface area contributed by atoms with Crippen molar-refractivity contribution in [3.05, 3.63) is 0 Å². The van der Waals surface area contributed by atoms with Crippen molar-refractivity contribution in [3.63, 3.8) is 0 Å². The average Bonchev–Trinajstić information content (AvgIpc) is 2.30. The van der Waals surface area contributed by atoms with Gasteiger partial charge in [0.1, 0.15) is 5.54 Å². The SMILES string of the molecule is CCCCS(=O)(=O)NC1(C#N)CCN(C)CC1. The highest BCUT2D eigenvalue weighted by Gasteiger charge is 2.37. The van der Waals surface area contributed by atoms with Crippen molar-refractivity contribution in [3.8, 4) is 6.07 Å². The molecule has 1 heterocycles. The molecule has 0 bridgehead atoms. The molecule has 0 radical (unpaired) electrons. The fraction of sp³-hybridized carbons (Fsp3) is 0.909. The standard InChI is InChI=1S/C11H21N3O2S/c1-3-4-9-17(15,16)13-11(10-12)5-7-14(2)8-6-11/h13H,3-9H2,1-2H3. The lowest BCUT2D eigenvalue weighted by atomic mass is 9.91. The molecule has 1 fully saturated rings. The van der Waals surface area contributed by atoms with E-state index in [1.165, 1.54) is 0 Å². The number of nitrogens with zero attached hydrogens (tertiary/aromatic N) is 2. The molecule has 1 rings (SSSR count). The van der Waals surface area contributed by atoms with E-state index < -0.39 is 15.6 Å². The Bertz CT molecular complexity index is 378. The predicted molar refractivity (Wildman–Crippen MR) is 66.9 cm³/mol. The highest BCUT2D eigenvalue weighted by Crippen LogP contribution is 2.22. The Kier molecular flexibility index (Phi) is 4.92. The van der Waals surface area contributed by atoms with E-state index in [0.29, 0.717) is 19.3 Å². The summed E-state index contributed by atoms with van der Waals surface area (Å²) in [7, 11) is -1.34. The van der Waals surface area contributed by atoms with Crippen LogP contribution in [0.25, 0.3) is 0 Å². The summed E-state index contributed by atoms with van der Waals surface area (Å²) in [6.45, 7) is 3.46. The van der Waals surface area contributed by atoms with E-state index in [1.807, 2.05) is 14.0 Å². The van der Waals surface area contributed by atoms with Crippen LogP contribution in [0, 0.1) is 11.3 Å². The van der Waals surface area contributed by atoms with Gasteiger partial charge in [-0.2, -0.15) is 9.98 Å². The third-order valence-corrected chi connectivity index (χ3v) is 4.70. The molecule has 0 amide bonds. The lowest BCUT2D eigenvalue weighted by Gasteiger charge is -2.35. The van der Waals surface area contributed by atoms with Gasteiger partial charge in [0.05, 0.1) is 11.8 Å². The van der Waals surface area contributed by atoms with Crippen LogP contribution in [0.2, 0.25) is 0 Å². The minimum absolute atomic E-state index is 0.114. The van der Waals surface area contributed by atoms with Crippen molar-refractivity contribution >= 4 is 10.0 Å². The van der Waals surface area contributed by atoms with Crippen LogP contribution in [0.3, 0.4) is 0 Å². The van der Waals surface area contributed by atoms with E-state index >= 15 is 0 Å². The Labute approximate surface area is 104 Å². The third kappa shape index (κ3) is 4.26. The summed E-state index contributed by atoms with van der Waals surface area (Å²) in [4.78, 5) is 2.11. The molecule has 0 aliphatic carbocycles. The van der Waals surface area contributed by atoms with Crippen LogP contribution in [0.15, 0.2) is 0 Å². The number of piperidine rings is 1. The van der Waals surface area contributed by atoms with E-state index in [-0.39, 0.29) is 5.75 Å². The van der Waals surface area contributed by atoms with Crippen molar-refractivity contribution in [2.45, 2.75) is 38.1 Å². The van der Waals surface area contributed by atoms with Crippen LogP contribution < -0.4 is 4.72 Å². The van der Waals surface area contributed by atoms with Gasteiger partial charge in [-0.3, -0.25) is 0 Å². The number of rotatable bonds is 5. The Balaban J connectivity index is 2.67. The molecule has 17 heavy (non-hydrogen) atoms. The summed E-state index contributed by atoms with van der Waals surface area (Å²) in [5.74, 6) is 0.114. The molecular weight excluding hydrogens is 238 g/mol. The summed E-state index contributed by atoms with van der Waals surface area (Å²) in [5.41, 5.74) is -0.890. The lowest BCUT2D eigenvalue weighted by molar-refractivity contribution is 0.213. The van der Waals surface area contributed by atoms with Crippen molar-refractivity contribution < 1.29 is 8.42 Å². The lowest BCUT2D eigenvalue weighted by Crippen LogP contribution is -2.54. The molecule has 0 aromatic heterocycles. The fourth-order valence-corrected chi connectivity index (χ4v) is 3.54. The Morgan fingerprint density at radius 2 is 2.00 bits per heavy atom. The van der Waals surface area contributed by atoms with E-state index in [1.54, 1.807) is 0 Å². The first-order chi connectivity index (χ1) is 7.93. The minimum Gasteiger partial charge on any atom is -0.306 e. The number of sulfonamides is 1. The van der Waals surface area contributed by atoms with Crippen molar-refractivity contribution in [1.82, 2.24) is 9.62 Å². The molecule has 1 N–H and O–H groups in total. The summed E-state index contributed by atoms with van der Waals surface area (Å²) in [6, 6.07) is 2.15. The Morgan fingerprint density at radius 1 is 1.41 bits per heavy atom. The molecule has 0 aromatic carbocycles.